The lowest BCUT2D eigenvalue weighted by atomic mass is 9.78. The number of carboxylic acids is 1. The topological polar surface area (TPSA) is 82.5 Å². The average Bonchev–Trinajstić information content (AvgIpc) is 3.00. The molecular formula is C41H58N2O3. The van der Waals surface area contributed by atoms with Crippen LogP contribution in [-0.4, -0.2) is 27.7 Å². The first-order chi connectivity index (χ1) is 21.7. The molecule has 0 saturated carbocycles. The van der Waals surface area contributed by atoms with Gasteiger partial charge in [0.05, 0.1) is 11.1 Å². The Kier molecular flexibility index (Phi) is 13.1. The molecule has 0 radical (unpaired) electrons. The molecule has 1 aromatic heterocycles. The number of hydrogen-bond donors (Lipinski definition) is 3. The number of nitrogens with one attached hydrogen (secondary N) is 1. The zero-order valence-electron chi connectivity index (χ0n) is 29.7. The highest BCUT2D eigenvalue weighted by Crippen LogP contribution is 2.40. The number of rotatable bonds is 16. The zero-order valence-corrected chi connectivity index (χ0v) is 29.7. The van der Waals surface area contributed by atoms with Gasteiger partial charge in [0.15, 0.2) is 0 Å². The van der Waals surface area contributed by atoms with Crippen LogP contribution in [-0.2, 0) is 28.5 Å². The van der Waals surface area contributed by atoms with E-state index in [4.69, 9.17) is 4.98 Å². The van der Waals surface area contributed by atoms with E-state index >= 15 is 0 Å². The van der Waals surface area contributed by atoms with Gasteiger partial charge in [-0.15, -0.1) is 0 Å². The van der Waals surface area contributed by atoms with E-state index in [1.807, 2.05) is 32.0 Å². The Bertz CT molecular complexity index is 1420. The predicted octanol–water partition coefficient (Wildman–Crippen LogP) is 10.6. The zero-order chi connectivity index (χ0) is 34.0. The number of phenolic OH excluding ortho intramolecular Hbond substituents is 1. The molecule has 0 spiro atoms. The van der Waals surface area contributed by atoms with Gasteiger partial charge in [-0.05, 0) is 108 Å². The third-order valence-electron chi connectivity index (χ3n) is 9.34. The summed E-state index contributed by atoms with van der Waals surface area (Å²) in [6, 6.07) is 18.9. The summed E-state index contributed by atoms with van der Waals surface area (Å²) in [5.74, 6) is -0.250. The standard InChI is InChI=1S/C41H58N2O3/c1-9-41(10-2,38(45)46)25-26-42-34-22-15-18-30(27-34)23-24-33-21-16-20-32(43-33)19-14-12-11-13-17-31-28-35(39(3,4)5)37(44)36(29-31)40(6,7)8/h15-16,18,20-24,27-29,42,44H,9-14,17,19,25-26H2,1-8H3,(H,45,46). The monoisotopic (exact) mass is 626 g/mol. The predicted molar refractivity (Wildman–Crippen MR) is 195 cm³/mol. The summed E-state index contributed by atoms with van der Waals surface area (Å²) >= 11 is 0. The van der Waals surface area contributed by atoms with Crippen molar-refractivity contribution in [2.75, 3.05) is 11.9 Å². The van der Waals surface area contributed by atoms with Crippen molar-refractivity contribution in [3.8, 4) is 5.75 Å². The van der Waals surface area contributed by atoms with E-state index in [-0.39, 0.29) is 10.8 Å². The van der Waals surface area contributed by atoms with E-state index < -0.39 is 11.4 Å². The maximum atomic E-state index is 11.8. The van der Waals surface area contributed by atoms with Crippen LogP contribution < -0.4 is 5.32 Å². The number of aryl methyl sites for hydroxylation is 2. The third kappa shape index (κ3) is 10.5. The molecule has 2 aromatic carbocycles. The number of nitrogens with zero attached hydrogens (tertiary/aromatic N) is 1. The molecule has 46 heavy (non-hydrogen) atoms. The molecule has 0 aliphatic rings. The fraction of sp³-hybridized carbons (Fsp3) is 0.512. The molecule has 5 heteroatoms. The molecular weight excluding hydrogens is 568 g/mol. The lowest BCUT2D eigenvalue weighted by molar-refractivity contribution is -0.149. The number of carboxylic acid groups (broad SMARTS) is 1. The van der Waals surface area contributed by atoms with Crippen LogP contribution in [0.2, 0.25) is 0 Å². The van der Waals surface area contributed by atoms with Gasteiger partial charge in [0.25, 0.3) is 0 Å². The van der Waals surface area contributed by atoms with Gasteiger partial charge in [0.2, 0.25) is 0 Å². The van der Waals surface area contributed by atoms with Gasteiger partial charge in [-0.1, -0.05) is 105 Å². The van der Waals surface area contributed by atoms with Gasteiger partial charge in [0, 0.05) is 17.9 Å². The van der Waals surface area contributed by atoms with Crippen molar-refractivity contribution in [1.29, 1.82) is 0 Å². The quantitative estimate of drug-likeness (QED) is 0.138. The maximum absolute atomic E-state index is 11.8. The highest BCUT2D eigenvalue weighted by atomic mass is 16.4. The van der Waals surface area contributed by atoms with E-state index in [1.54, 1.807) is 0 Å². The molecule has 0 saturated heterocycles. The Balaban J connectivity index is 1.49. The molecule has 0 aliphatic carbocycles. The molecule has 0 fully saturated rings. The minimum atomic E-state index is -0.708. The first kappa shape index (κ1) is 36.9. The van der Waals surface area contributed by atoms with Crippen LogP contribution in [0.15, 0.2) is 54.6 Å². The molecule has 0 unspecified atom stereocenters. The Morgan fingerprint density at radius 3 is 2.00 bits per heavy atom. The second kappa shape index (κ2) is 16.3. The molecule has 3 N–H and O–H groups in total. The molecule has 0 atom stereocenters. The minimum absolute atomic E-state index is 0.0977. The van der Waals surface area contributed by atoms with Crippen molar-refractivity contribution >= 4 is 23.8 Å². The highest BCUT2D eigenvalue weighted by molar-refractivity contribution is 5.74. The Hall–Kier alpha value is -3.60. The number of unbranched alkanes of at least 4 members (excludes halogenated alkanes) is 3. The summed E-state index contributed by atoms with van der Waals surface area (Å²) in [4.78, 5) is 16.7. The number of carbonyl (C=O) groups is 1. The van der Waals surface area contributed by atoms with E-state index in [0.29, 0.717) is 31.6 Å². The number of benzene rings is 2. The number of hydrogen-bond acceptors (Lipinski definition) is 4. The van der Waals surface area contributed by atoms with E-state index in [9.17, 15) is 15.0 Å². The largest absolute Gasteiger partial charge is 0.507 e. The van der Waals surface area contributed by atoms with Crippen molar-refractivity contribution < 1.29 is 15.0 Å². The van der Waals surface area contributed by atoms with Gasteiger partial charge >= 0.3 is 5.97 Å². The second-order valence-electron chi connectivity index (χ2n) is 14.9. The first-order valence-corrected chi connectivity index (χ1v) is 17.3. The van der Waals surface area contributed by atoms with Crippen LogP contribution in [0.25, 0.3) is 12.2 Å². The van der Waals surface area contributed by atoms with Crippen molar-refractivity contribution in [2.24, 2.45) is 5.41 Å². The molecule has 5 nitrogen and oxygen atoms in total. The van der Waals surface area contributed by atoms with E-state index in [1.165, 1.54) is 18.4 Å². The van der Waals surface area contributed by atoms with Crippen LogP contribution in [0.5, 0.6) is 5.75 Å². The lowest BCUT2D eigenvalue weighted by Gasteiger charge is -2.28. The third-order valence-corrected chi connectivity index (χ3v) is 9.34. The number of aromatic nitrogens is 1. The summed E-state index contributed by atoms with van der Waals surface area (Å²) in [5, 5.41) is 24.1. The SMILES string of the molecule is CCC(CC)(CCNc1cccc(C=Cc2cccc(CCCCCCc3cc(C(C)(C)C)c(O)c(C(C)(C)C)c3)n2)c1)C(=O)O. The molecule has 0 amide bonds. The van der Waals surface area contributed by atoms with E-state index in [2.05, 4.69) is 95.4 Å². The Morgan fingerprint density at radius 2 is 1.41 bits per heavy atom. The summed E-state index contributed by atoms with van der Waals surface area (Å²) in [6.45, 7) is 17.6. The number of aromatic hydroxyl groups is 1. The molecule has 3 rings (SSSR count). The Labute approximate surface area is 278 Å². The summed E-state index contributed by atoms with van der Waals surface area (Å²) in [7, 11) is 0. The molecule has 0 bridgehead atoms. The van der Waals surface area contributed by atoms with Crippen LogP contribution in [0.4, 0.5) is 5.69 Å². The number of phenols is 1. The molecule has 0 aliphatic heterocycles. The van der Waals surface area contributed by atoms with Gasteiger partial charge in [-0.3, -0.25) is 9.78 Å². The van der Waals surface area contributed by atoms with Gasteiger partial charge in [0.1, 0.15) is 5.75 Å². The van der Waals surface area contributed by atoms with Crippen molar-refractivity contribution in [3.63, 3.8) is 0 Å². The highest BCUT2D eigenvalue weighted by Gasteiger charge is 2.34. The van der Waals surface area contributed by atoms with Gasteiger partial charge < -0.3 is 15.5 Å². The minimum Gasteiger partial charge on any atom is -0.507 e. The number of aliphatic carboxylic acids is 1. The van der Waals surface area contributed by atoms with Crippen LogP contribution >= 0.6 is 0 Å². The fourth-order valence-corrected chi connectivity index (χ4v) is 6.09. The first-order valence-electron chi connectivity index (χ1n) is 17.3. The number of anilines is 1. The summed E-state index contributed by atoms with van der Waals surface area (Å²) in [6.07, 6.45) is 12.6. The van der Waals surface area contributed by atoms with Gasteiger partial charge in [-0.2, -0.15) is 0 Å². The van der Waals surface area contributed by atoms with Crippen LogP contribution in [0.1, 0.15) is 134 Å². The molecule has 3 aromatic rings. The molecule has 250 valence electrons. The van der Waals surface area contributed by atoms with E-state index in [0.717, 1.165) is 59.4 Å². The summed E-state index contributed by atoms with van der Waals surface area (Å²) < 4.78 is 0. The fourth-order valence-electron chi connectivity index (χ4n) is 6.09. The number of pyridine rings is 1. The van der Waals surface area contributed by atoms with Crippen LogP contribution in [0, 0.1) is 5.41 Å². The Morgan fingerprint density at radius 1 is 0.804 bits per heavy atom. The summed E-state index contributed by atoms with van der Waals surface area (Å²) in [5.41, 5.74) is 6.68. The van der Waals surface area contributed by atoms with Crippen molar-refractivity contribution in [3.05, 3.63) is 88.2 Å². The normalized spacial score (nSPS) is 12.5. The smallest absolute Gasteiger partial charge is 0.309 e. The van der Waals surface area contributed by atoms with Crippen molar-refractivity contribution in [2.45, 2.75) is 124 Å². The lowest BCUT2D eigenvalue weighted by Crippen LogP contribution is -2.31. The average molecular weight is 627 g/mol. The second-order valence-corrected chi connectivity index (χ2v) is 14.9. The van der Waals surface area contributed by atoms with Gasteiger partial charge in [-0.25, -0.2) is 0 Å². The molecule has 1 heterocycles. The maximum Gasteiger partial charge on any atom is 0.309 e. The van der Waals surface area contributed by atoms with Crippen LogP contribution in [0.3, 0.4) is 0 Å². The van der Waals surface area contributed by atoms with Crippen molar-refractivity contribution in [1.82, 2.24) is 4.98 Å².